The zero-order chi connectivity index (χ0) is 24.1. The van der Waals surface area contributed by atoms with Crippen LogP contribution in [0.1, 0.15) is 30.8 Å². The van der Waals surface area contributed by atoms with Crippen LogP contribution in [-0.2, 0) is 17.9 Å². The fourth-order valence-corrected chi connectivity index (χ4v) is 4.33. The highest BCUT2D eigenvalue weighted by atomic mass is 16.1. The number of nitrogens with one attached hydrogen (secondary N) is 1. The lowest BCUT2D eigenvalue weighted by Crippen LogP contribution is -2.45. The Balaban J connectivity index is 1.45. The number of nitriles is 1. The highest BCUT2D eigenvalue weighted by molar-refractivity contribution is 5.91. The first kappa shape index (κ1) is 23.6. The highest BCUT2D eigenvalue weighted by Crippen LogP contribution is 2.23. The maximum atomic E-state index is 12.0. The van der Waals surface area contributed by atoms with Crippen molar-refractivity contribution < 1.29 is 4.79 Å². The molecule has 0 radical (unpaired) electrons. The molecule has 4 rings (SSSR count). The average Bonchev–Trinajstić information content (AvgIpc) is 2.83. The number of amides is 1. The number of rotatable bonds is 8. The van der Waals surface area contributed by atoms with Gasteiger partial charge in [-0.05, 0) is 29.7 Å². The summed E-state index contributed by atoms with van der Waals surface area (Å²) in [4.78, 5) is 26.3. The van der Waals surface area contributed by atoms with Crippen molar-refractivity contribution in [2.24, 2.45) is 11.7 Å². The number of nitrogens with two attached hydrogens (primary N) is 1. The number of hydrogen-bond donors (Lipinski definition) is 2. The Hall–Kier alpha value is -3.54. The first-order chi connectivity index (χ1) is 16.4. The Kier molecular flexibility index (Phi) is 7.36. The predicted octanol–water partition coefficient (Wildman–Crippen LogP) is 2.74. The van der Waals surface area contributed by atoms with E-state index in [-0.39, 0.29) is 5.92 Å². The third-order valence-corrected chi connectivity index (χ3v) is 6.28. The summed E-state index contributed by atoms with van der Waals surface area (Å²) >= 11 is 0. The molecule has 3 aromatic rings. The molecule has 0 saturated carbocycles. The molecule has 1 saturated heterocycles. The minimum absolute atomic E-state index is 0.0360. The largest absolute Gasteiger partial charge is 0.368 e. The van der Waals surface area contributed by atoms with Gasteiger partial charge >= 0.3 is 0 Å². The molecule has 0 unspecified atom stereocenters. The molecule has 1 aliphatic rings. The van der Waals surface area contributed by atoms with Crippen molar-refractivity contribution in [2.75, 3.05) is 31.5 Å². The van der Waals surface area contributed by atoms with E-state index in [9.17, 15) is 10.1 Å². The number of aromatic nitrogens is 2. The van der Waals surface area contributed by atoms with Crippen LogP contribution in [0.25, 0.3) is 10.9 Å². The Morgan fingerprint density at radius 2 is 1.68 bits per heavy atom. The second-order valence-electron chi connectivity index (χ2n) is 9.10. The van der Waals surface area contributed by atoms with Gasteiger partial charge in [-0.15, -0.1) is 0 Å². The maximum absolute atomic E-state index is 12.0. The van der Waals surface area contributed by atoms with Gasteiger partial charge in [-0.3, -0.25) is 14.6 Å². The lowest BCUT2D eigenvalue weighted by Gasteiger charge is -2.34. The van der Waals surface area contributed by atoms with Crippen molar-refractivity contribution in [2.45, 2.75) is 33.0 Å². The first-order valence-corrected chi connectivity index (χ1v) is 11.7. The van der Waals surface area contributed by atoms with Gasteiger partial charge in [0.05, 0.1) is 23.7 Å². The van der Waals surface area contributed by atoms with Crippen LogP contribution in [0.5, 0.6) is 0 Å². The lowest BCUT2D eigenvalue weighted by atomic mass is 10.0. The second-order valence-corrected chi connectivity index (χ2v) is 9.10. The Bertz CT molecular complexity index is 1200. The Morgan fingerprint density at radius 3 is 2.35 bits per heavy atom. The molecule has 34 heavy (non-hydrogen) atoms. The van der Waals surface area contributed by atoms with Crippen LogP contribution in [0.3, 0.4) is 0 Å². The number of fused-ring (bicyclic) bond motifs is 1. The van der Waals surface area contributed by atoms with Crippen molar-refractivity contribution in [3.05, 3.63) is 65.5 Å². The smallest absolute Gasteiger partial charge is 0.240 e. The van der Waals surface area contributed by atoms with Crippen molar-refractivity contribution in [1.82, 2.24) is 19.8 Å². The quantitative estimate of drug-likeness (QED) is 0.535. The van der Waals surface area contributed by atoms with Crippen LogP contribution in [0.15, 0.2) is 48.5 Å². The normalized spacial score (nSPS) is 15.8. The van der Waals surface area contributed by atoms with E-state index >= 15 is 0 Å². The second kappa shape index (κ2) is 10.6. The summed E-state index contributed by atoms with van der Waals surface area (Å²) in [5, 5.41) is 13.5. The molecular weight excluding hydrogens is 426 g/mol. The fourth-order valence-electron chi connectivity index (χ4n) is 4.33. The molecule has 1 atom stereocenters. The van der Waals surface area contributed by atoms with E-state index in [2.05, 4.69) is 21.2 Å². The van der Waals surface area contributed by atoms with Crippen LogP contribution >= 0.6 is 0 Å². The van der Waals surface area contributed by atoms with Gasteiger partial charge in [0.25, 0.3) is 0 Å². The number of benzene rings is 2. The number of primary amides is 1. The van der Waals surface area contributed by atoms with Crippen LogP contribution in [-0.4, -0.2) is 57.9 Å². The molecular formula is C26H31N7O. The number of piperazine rings is 1. The number of carbonyl (C=O) groups excluding carboxylic acids is 1. The third kappa shape index (κ3) is 5.50. The number of para-hydroxylation sites is 1. The van der Waals surface area contributed by atoms with Gasteiger partial charge in [-0.25, -0.2) is 9.97 Å². The summed E-state index contributed by atoms with van der Waals surface area (Å²) in [7, 11) is 0. The molecule has 8 nitrogen and oxygen atoms in total. The Morgan fingerprint density at radius 1 is 1.03 bits per heavy atom. The molecule has 1 fully saturated rings. The van der Waals surface area contributed by atoms with Crippen molar-refractivity contribution in [3.8, 4) is 6.07 Å². The molecule has 0 spiro atoms. The summed E-state index contributed by atoms with van der Waals surface area (Å²) in [6.07, 6.45) is 0. The molecule has 176 valence electrons. The lowest BCUT2D eigenvalue weighted by molar-refractivity contribution is -0.119. The fraction of sp³-hybridized carbons (Fsp3) is 0.385. The topological polar surface area (TPSA) is 111 Å². The molecule has 0 aliphatic carbocycles. The predicted molar refractivity (Wildman–Crippen MR) is 133 cm³/mol. The van der Waals surface area contributed by atoms with E-state index < -0.39 is 11.9 Å². The average molecular weight is 458 g/mol. The standard InChI is InChI=1S/C26H31N7O/c1-18(2)24(25(28)34)31-26-21-9-5-6-10-22(21)29-23(30-26)17-33-13-11-32(12-14-33)16-20-8-4-3-7-19(20)15-27/h3-10,18,24H,11-14,16-17H2,1-2H3,(H2,28,34)(H,29,30,31)/t24-/m0/s1. The SMILES string of the molecule is CC(C)[C@H](Nc1nc(CN2CCN(Cc3ccccc3C#N)CC2)nc2ccccc12)C(N)=O. The van der Waals surface area contributed by atoms with E-state index in [0.29, 0.717) is 12.4 Å². The number of carbonyl (C=O) groups is 1. The molecule has 8 heteroatoms. The molecule has 2 aromatic carbocycles. The summed E-state index contributed by atoms with van der Waals surface area (Å²) in [6.45, 7) is 8.94. The van der Waals surface area contributed by atoms with Gasteiger partial charge in [-0.2, -0.15) is 5.26 Å². The number of hydrogen-bond acceptors (Lipinski definition) is 7. The molecule has 0 bridgehead atoms. The molecule has 3 N–H and O–H groups in total. The van der Waals surface area contributed by atoms with Crippen molar-refractivity contribution in [3.63, 3.8) is 0 Å². The summed E-state index contributed by atoms with van der Waals surface area (Å²) in [5.74, 6) is 1.00. The zero-order valence-corrected chi connectivity index (χ0v) is 19.7. The number of anilines is 1. The first-order valence-electron chi connectivity index (χ1n) is 11.7. The van der Waals surface area contributed by atoms with Crippen LogP contribution < -0.4 is 11.1 Å². The minimum atomic E-state index is -0.508. The van der Waals surface area contributed by atoms with E-state index in [4.69, 9.17) is 15.7 Å². The molecule has 2 heterocycles. The molecule has 1 aromatic heterocycles. The van der Waals surface area contributed by atoms with E-state index in [0.717, 1.165) is 60.6 Å². The van der Waals surface area contributed by atoms with Gasteiger partial charge < -0.3 is 11.1 Å². The van der Waals surface area contributed by atoms with E-state index in [1.807, 2.05) is 62.4 Å². The summed E-state index contributed by atoms with van der Waals surface area (Å²) < 4.78 is 0. The number of nitrogens with zero attached hydrogens (tertiary/aromatic N) is 5. The highest BCUT2D eigenvalue weighted by Gasteiger charge is 2.23. The van der Waals surface area contributed by atoms with Gasteiger partial charge in [0.1, 0.15) is 17.7 Å². The maximum Gasteiger partial charge on any atom is 0.240 e. The van der Waals surface area contributed by atoms with Crippen LogP contribution in [0.2, 0.25) is 0 Å². The Labute approximate surface area is 200 Å². The summed E-state index contributed by atoms with van der Waals surface area (Å²) in [5.41, 5.74) is 8.28. The van der Waals surface area contributed by atoms with Crippen molar-refractivity contribution in [1.29, 1.82) is 5.26 Å². The zero-order valence-electron chi connectivity index (χ0n) is 19.7. The van der Waals surface area contributed by atoms with Gasteiger partial charge in [-0.1, -0.05) is 44.2 Å². The van der Waals surface area contributed by atoms with Crippen molar-refractivity contribution >= 4 is 22.6 Å². The minimum Gasteiger partial charge on any atom is -0.368 e. The van der Waals surface area contributed by atoms with Crippen LogP contribution in [0.4, 0.5) is 5.82 Å². The van der Waals surface area contributed by atoms with E-state index in [1.165, 1.54) is 0 Å². The van der Waals surface area contributed by atoms with Gasteiger partial charge in [0.15, 0.2) is 0 Å². The summed E-state index contributed by atoms with van der Waals surface area (Å²) in [6, 6.07) is 17.4. The van der Waals surface area contributed by atoms with E-state index in [1.54, 1.807) is 0 Å². The van der Waals surface area contributed by atoms with Crippen LogP contribution in [0, 0.1) is 17.2 Å². The molecule has 1 aliphatic heterocycles. The van der Waals surface area contributed by atoms with Gasteiger partial charge in [0.2, 0.25) is 5.91 Å². The van der Waals surface area contributed by atoms with Gasteiger partial charge in [0, 0.05) is 38.1 Å². The monoisotopic (exact) mass is 457 g/mol. The third-order valence-electron chi connectivity index (χ3n) is 6.28. The molecule has 1 amide bonds.